The topological polar surface area (TPSA) is 76.1 Å². The van der Waals surface area contributed by atoms with E-state index in [1.54, 1.807) is 0 Å². The molecular weight excluding hydrogens is 418 g/mol. The van der Waals surface area contributed by atoms with Gasteiger partial charge in [0.15, 0.2) is 6.04 Å². The van der Waals surface area contributed by atoms with E-state index >= 15 is 0 Å². The second kappa shape index (κ2) is 9.88. The number of carbonyl (C=O) groups excluding carboxylic acids is 2. The molecule has 0 heterocycles. The molecule has 33 heavy (non-hydrogen) atoms. The van der Waals surface area contributed by atoms with Crippen LogP contribution in [-0.4, -0.2) is 47.9 Å². The molecule has 0 saturated carbocycles. The van der Waals surface area contributed by atoms with Gasteiger partial charge in [0.25, 0.3) is 0 Å². The van der Waals surface area contributed by atoms with Crippen LogP contribution >= 0.6 is 0 Å². The second-order valence-corrected chi connectivity index (χ2v) is 8.19. The van der Waals surface area contributed by atoms with Gasteiger partial charge >= 0.3 is 12.1 Å². The average molecular weight is 446 g/mol. The minimum absolute atomic E-state index is 0.0570. The van der Waals surface area contributed by atoms with Crippen molar-refractivity contribution in [2.45, 2.75) is 31.6 Å². The highest BCUT2D eigenvalue weighted by Crippen LogP contribution is 2.44. The van der Waals surface area contributed by atoms with Gasteiger partial charge in [0.2, 0.25) is 0 Å². The summed E-state index contributed by atoms with van der Waals surface area (Å²) in [6.07, 6.45) is -1.82. The van der Waals surface area contributed by atoms with Crippen LogP contribution in [0.1, 0.15) is 29.5 Å². The quantitative estimate of drug-likeness (QED) is 0.547. The van der Waals surface area contributed by atoms with E-state index in [-0.39, 0.29) is 19.1 Å². The fraction of sp³-hybridized carbons (Fsp3) is 0.259. The molecule has 0 spiro atoms. The largest absolute Gasteiger partial charge is 0.459 e. The van der Waals surface area contributed by atoms with E-state index in [9.17, 15) is 14.7 Å². The summed E-state index contributed by atoms with van der Waals surface area (Å²) in [5, 5.41) is 10.2. The fourth-order valence-corrected chi connectivity index (χ4v) is 4.30. The number of benzene rings is 3. The first-order valence-electron chi connectivity index (χ1n) is 10.9. The zero-order chi connectivity index (χ0) is 23.4. The predicted molar refractivity (Wildman–Crippen MR) is 125 cm³/mol. The minimum Gasteiger partial charge on any atom is -0.459 e. The Kier molecular flexibility index (Phi) is 6.75. The molecule has 0 radical (unpaired) electrons. The van der Waals surface area contributed by atoms with Crippen molar-refractivity contribution in [1.29, 1.82) is 0 Å². The van der Waals surface area contributed by atoms with E-state index in [1.807, 2.05) is 66.7 Å². The van der Waals surface area contributed by atoms with Crippen LogP contribution in [0.3, 0.4) is 0 Å². The number of fused-ring (bicyclic) bond motifs is 3. The zero-order valence-corrected chi connectivity index (χ0v) is 18.7. The van der Waals surface area contributed by atoms with Crippen molar-refractivity contribution in [2.24, 2.45) is 0 Å². The number of aliphatic hydroxyl groups is 1. The fourth-order valence-electron chi connectivity index (χ4n) is 4.30. The van der Waals surface area contributed by atoms with E-state index in [0.29, 0.717) is 0 Å². The van der Waals surface area contributed by atoms with Crippen LogP contribution in [0.2, 0.25) is 0 Å². The predicted octanol–water partition coefficient (Wildman–Crippen LogP) is 4.36. The van der Waals surface area contributed by atoms with E-state index in [2.05, 4.69) is 12.1 Å². The first-order valence-corrected chi connectivity index (χ1v) is 10.9. The van der Waals surface area contributed by atoms with Crippen LogP contribution in [-0.2, 0) is 20.9 Å². The maximum Gasteiger partial charge on any atom is 0.410 e. The van der Waals surface area contributed by atoms with E-state index in [1.165, 1.54) is 14.0 Å². The van der Waals surface area contributed by atoms with Crippen LogP contribution in [0.15, 0.2) is 78.9 Å². The van der Waals surface area contributed by atoms with Crippen molar-refractivity contribution in [1.82, 2.24) is 4.90 Å². The van der Waals surface area contributed by atoms with E-state index in [0.717, 1.165) is 32.7 Å². The summed E-state index contributed by atoms with van der Waals surface area (Å²) in [5.74, 6) is -0.783. The third kappa shape index (κ3) is 4.76. The van der Waals surface area contributed by atoms with Crippen LogP contribution < -0.4 is 0 Å². The van der Waals surface area contributed by atoms with Crippen molar-refractivity contribution in [3.05, 3.63) is 95.6 Å². The lowest BCUT2D eigenvalue weighted by molar-refractivity contribution is -0.154. The number of rotatable bonds is 7. The Hall–Kier alpha value is -3.64. The smallest absolute Gasteiger partial charge is 0.410 e. The number of hydrogen-bond donors (Lipinski definition) is 1. The van der Waals surface area contributed by atoms with E-state index < -0.39 is 24.2 Å². The van der Waals surface area contributed by atoms with Gasteiger partial charge in [-0.05, 0) is 34.7 Å². The number of esters is 1. The highest BCUT2D eigenvalue weighted by Gasteiger charge is 2.35. The summed E-state index contributed by atoms with van der Waals surface area (Å²) in [4.78, 5) is 26.6. The second-order valence-electron chi connectivity index (χ2n) is 8.19. The molecule has 3 aromatic rings. The molecule has 6 nitrogen and oxygen atoms in total. The molecule has 1 aliphatic carbocycles. The molecule has 0 aromatic heterocycles. The van der Waals surface area contributed by atoms with E-state index in [4.69, 9.17) is 9.47 Å². The van der Waals surface area contributed by atoms with Gasteiger partial charge in [-0.2, -0.15) is 0 Å². The Morgan fingerprint density at radius 1 is 0.879 bits per heavy atom. The summed E-state index contributed by atoms with van der Waals surface area (Å²) < 4.78 is 11.0. The van der Waals surface area contributed by atoms with Crippen molar-refractivity contribution in [3.8, 4) is 11.1 Å². The van der Waals surface area contributed by atoms with Gasteiger partial charge in [-0.3, -0.25) is 4.90 Å². The Labute approximate surface area is 193 Å². The maximum atomic E-state index is 12.8. The third-order valence-corrected chi connectivity index (χ3v) is 5.96. The molecule has 170 valence electrons. The highest BCUT2D eigenvalue weighted by molar-refractivity contribution is 5.82. The number of nitrogens with zero attached hydrogens (tertiary/aromatic N) is 1. The van der Waals surface area contributed by atoms with Gasteiger partial charge in [-0.15, -0.1) is 0 Å². The summed E-state index contributed by atoms with van der Waals surface area (Å²) in [7, 11) is 1.43. The molecule has 6 heteroatoms. The molecule has 0 aliphatic heterocycles. The van der Waals surface area contributed by atoms with Crippen LogP contribution in [0.4, 0.5) is 4.79 Å². The molecule has 2 atom stereocenters. The zero-order valence-electron chi connectivity index (χ0n) is 18.7. The van der Waals surface area contributed by atoms with Crippen LogP contribution in [0.25, 0.3) is 11.1 Å². The summed E-state index contributed by atoms with van der Waals surface area (Å²) in [5.41, 5.74) is 5.29. The number of carbonyl (C=O) groups is 2. The first kappa shape index (κ1) is 22.6. The molecule has 3 aromatic carbocycles. The molecule has 0 unspecified atom stereocenters. The van der Waals surface area contributed by atoms with Crippen molar-refractivity contribution in [3.63, 3.8) is 0 Å². The number of aliphatic hydroxyl groups excluding tert-OH is 1. The summed E-state index contributed by atoms with van der Waals surface area (Å²) in [6, 6.07) is 24.2. The monoisotopic (exact) mass is 445 g/mol. The SMILES string of the molecule is C[C@@H](O)[C@@H](C(=O)OCc1ccccc1)N(C)C(=O)OCC1c2ccccc2-c2ccccc21. The number of hydrogen-bond acceptors (Lipinski definition) is 5. The molecule has 1 N–H and O–H groups in total. The number of likely N-dealkylation sites (N-methyl/N-ethyl adjacent to an activating group) is 1. The standard InChI is InChI=1S/C27H27NO5/c1-18(29)25(26(30)32-16-19-10-4-3-5-11-19)28(2)27(31)33-17-24-22-14-8-6-12-20(22)21-13-7-9-15-23(21)24/h3-15,18,24-25,29H,16-17H2,1-2H3/t18-,25+/m1/s1. The molecule has 0 saturated heterocycles. The lowest BCUT2D eigenvalue weighted by Gasteiger charge is -2.28. The lowest BCUT2D eigenvalue weighted by Crippen LogP contribution is -2.49. The van der Waals surface area contributed by atoms with Gasteiger partial charge in [0, 0.05) is 13.0 Å². The molecule has 0 bridgehead atoms. The van der Waals surface area contributed by atoms with Crippen molar-refractivity contribution in [2.75, 3.05) is 13.7 Å². The molecule has 1 aliphatic rings. The minimum atomic E-state index is -1.18. The highest BCUT2D eigenvalue weighted by atomic mass is 16.6. The maximum absolute atomic E-state index is 12.8. The molecule has 0 fully saturated rings. The molecular formula is C27H27NO5. The van der Waals surface area contributed by atoms with Crippen molar-refractivity contribution < 1.29 is 24.2 Å². The summed E-state index contributed by atoms with van der Waals surface area (Å²) >= 11 is 0. The van der Waals surface area contributed by atoms with Gasteiger partial charge in [0.1, 0.15) is 13.2 Å². The van der Waals surface area contributed by atoms with Gasteiger partial charge in [-0.1, -0.05) is 78.9 Å². The normalized spacial score (nSPS) is 14.0. The number of ether oxygens (including phenoxy) is 2. The number of amides is 1. The Balaban J connectivity index is 1.42. The molecule has 4 rings (SSSR count). The summed E-state index contributed by atoms with van der Waals surface area (Å²) in [6.45, 7) is 1.63. The Morgan fingerprint density at radius 2 is 1.42 bits per heavy atom. The van der Waals surface area contributed by atoms with Gasteiger partial charge in [-0.25, -0.2) is 9.59 Å². The van der Waals surface area contributed by atoms with Crippen LogP contribution in [0, 0.1) is 0 Å². The van der Waals surface area contributed by atoms with Crippen LogP contribution in [0.5, 0.6) is 0 Å². The lowest BCUT2D eigenvalue weighted by atomic mass is 9.98. The first-order chi connectivity index (χ1) is 16.0. The third-order valence-electron chi connectivity index (χ3n) is 5.96. The average Bonchev–Trinajstić information content (AvgIpc) is 3.15. The van der Waals surface area contributed by atoms with Gasteiger partial charge in [0.05, 0.1) is 6.10 Å². The Morgan fingerprint density at radius 3 is 2.00 bits per heavy atom. The molecule has 1 amide bonds. The van der Waals surface area contributed by atoms with Crippen molar-refractivity contribution >= 4 is 12.1 Å². The van der Waals surface area contributed by atoms with Gasteiger partial charge < -0.3 is 14.6 Å². The Bertz CT molecular complexity index is 1080.